The molecular weight excluding hydrogens is 308 g/mol. The number of ether oxygens (including phenoxy) is 3. The Morgan fingerprint density at radius 3 is 2.79 bits per heavy atom. The smallest absolute Gasteiger partial charge is 0.231 e. The van der Waals surface area contributed by atoms with Gasteiger partial charge in [0.2, 0.25) is 6.79 Å². The molecule has 1 aromatic heterocycles. The van der Waals surface area contributed by atoms with Crippen molar-refractivity contribution < 1.29 is 23.4 Å². The Hall–Kier alpha value is -2.95. The number of benzene rings is 2. The Bertz CT molecular complexity index is 938. The number of Topliss-reactive ketones (excluding diaryl/α,β-unsaturated/α-hetero) is 1. The molecule has 0 N–H and O–H groups in total. The van der Waals surface area contributed by atoms with Crippen LogP contribution in [0.15, 0.2) is 40.8 Å². The van der Waals surface area contributed by atoms with Crippen LogP contribution in [0.1, 0.15) is 21.7 Å². The number of furan rings is 1. The molecule has 0 spiro atoms. The summed E-state index contributed by atoms with van der Waals surface area (Å²) >= 11 is 0. The van der Waals surface area contributed by atoms with Crippen LogP contribution >= 0.6 is 0 Å². The molecule has 0 radical (unpaired) electrons. The SMILES string of the molecule is COc1ccc(C(=O)Cc2ccc3c(c2)OCO3)c2cc(C)oc12. The summed E-state index contributed by atoms with van der Waals surface area (Å²) < 4.78 is 21.6. The van der Waals surface area contributed by atoms with Gasteiger partial charge < -0.3 is 18.6 Å². The normalized spacial score (nSPS) is 12.6. The summed E-state index contributed by atoms with van der Waals surface area (Å²) in [5.41, 5.74) is 2.11. The van der Waals surface area contributed by atoms with Gasteiger partial charge in [0.15, 0.2) is 28.6 Å². The first-order valence-corrected chi connectivity index (χ1v) is 7.64. The molecule has 3 aromatic rings. The van der Waals surface area contributed by atoms with Gasteiger partial charge in [0.25, 0.3) is 0 Å². The van der Waals surface area contributed by atoms with E-state index in [9.17, 15) is 4.79 Å². The van der Waals surface area contributed by atoms with Crippen molar-refractivity contribution in [3.8, 4) is 17.2 Å². The van der Waals surface area contributed by atoms with Crippen LogP contribution in [0.5, 0.6) is 17.2 Å². The molecule has 2 aromatic carbocycles. The fourth-order valence-electron chi connectivity index (χ4n) is 2.96. The number of methoxy groups -OCH3 is 1. The topological polar surface area (TPSA) is 57.9 Å². The van der Waals surface area contributed by atoms with Crippen LogP contribution in [0.25, 0.3) is 11.0 Å². The summed E-state index contributed by atoms with van der Waals surface area (Å²) in [6.45, 7) is 2.08. The van der Waals surface area contributed by atoms with E-state index in [2.05, 4.69) is 0 Å². The van der Waals surface area contributed by atoms with Gasteiger partial charge in [-0.15, -0.1) is 0 Å². The molecule has 0 amide bonds. The van der Waals surface area contributed by atoms with Gasteiger partial charge in [-0.05, 0) is 42.8 Å². The minimum atomic E-state index is 0.0160. The Balaban J connectivity index is 1.68. The van der Waals surface area contributed by atoms with Crippen LogP contribution in [0, 0.1) is 6.92 Å². The fraction of sp³-hybridized carbons (Fsp3) is 0.211. The van der Waals surface area contributed by atoms with Crippen LogP contribution in [0.3, 0.4) is 0 Å². The van der Waals surface area contributed by atoms with E-state index in [1.54, 1.807) is 19.2 Å². The van der Waals surface area contributed by atoms with E-state index in [1.807, 2.05) is 31.2 Å². The predicted octanol–water partition coefficient (Wildman–Crippen LogP) is 3.90. The van der Waals surface area contributed by atoms with E-state index in [4.69, 9.17) is 18.6 Å². The molecule has 2 heterocycles. The van der Waals surface area contributed by atoms with E-state index >= 15 is 0 Å². The van der Waals surface area contributed by atoms with Crippen molar-refractivity contribution >= 4 is 16.8 Å². The van der Waals surface area contributed by atoms with Gasteiger partial charge in [0.05, 0.1) is 7.11 Å². The first kappa shape index (κ1) is 14.6. The van der Waals surface area contributed by atoms with Gasteiger partial charge in [-0.25, -0.2) is 0 Å². The maximum absolute atomic E-state index is 12.8. The monoisotopic (exact) mass is 324 g/mol. The molecule has 0 atom stereocenters. The summed E-state index contributed by atoms with van der Waals surface area (Å²) in [5, 5.41) is 0.776. The highest BCUT2D eigenvalue weighted by molar-refractivity contribution is 6.09. The molecular formula is C19H16O5. The van der Waals surface area contributed by atoms with Gasteiger partial charge in [-0.2, -0.15) is 0 Å². The number of carbonyl (C=O) groups is 1. The number of aryl methyl sites for hydroxylation is 1. The first-order valence-electron chi connectivity index (χ1n) is 7.64. The molecule has 1 aliphatic heterocycles. The van der Waals surface area contributed by atoms with E-state index in [-0.39, 0.29) is 19.0 Å². The summed E-state index contributed by atoms with van der Waals surface area (Å²) in [5.74, 6) is 2.77. The number of fused-ring (bicyclic) bond motifs is 2. The van der Waals surface area contributed by atoms with Crippen LogP contribution in [-0.2, 0) is 6.42 Å². The average molecular weight is 324 g/mol. The predicted molar refractivity (Wildman–Crippen MR) is 88.1 cm³/mol. The highest BCUT2D eigenvalue weighted by Crippen LogP contribution is 2.34. The average Bonchev–Trinajstić information content (AvgIpc) is 3.18. The molecule has 24 heavy (non-hydrogen) atoms. The summed E-state index contributed by atoms with van der Waals surface area (Å²) in [7, 11) is 1.58. The largest absolute Gasteiger partial charge is 0.493 e. The molecule has 0 unspecified atom stereocenters. The van der Waals surface area contributed by atoms with Gasteiger partial charge in [-0.3, -0.25) is 4.79 Å². The maximum Gasteiger partial charge on any atom is 0.231 e. The summed E-state index contributed by atoms with van der Waals surface area (Å²) in [6, 6.07) is 11.0. The van der Waals surface area contributed by atoms with Crippen molar-refractivity contribution in [2.45, 2.75) is 13.3 Å². The van der Waals surface area contributed by atoms with Gasteiger partial charge in [-0.1, -0.05) is 6.07 Å². The second kappa shape index (κ2) is 5.60. The van der Waals surface area contributed by atoms with E-state index in [0.717, 1.165) is 16.7 Å². The molecule has 5 heteroatoms. The summed E-state index contributed by atoms with van der Waals surface area (Å²) in [6.07, 6.45) is 0.280. The van der Waals surface area contributed by atoms with Crippen molar-refractivity contribution in [3.63, 3.8) is 0 Å². The number of carbonyl (C=O) groups excluding carboxylic acids is 1. The van der Waals surface area contributed by atoms with Gasteiger partial charge in [0.1, 0.15) is 5.76 Å². The lowest BCUT2D eigenvalue weighted by Crippen LogP contribution is -2.04. The molecule has 0 bridgehead atoms. The zero-order valence-electron chi connectivity index (χ0n) is 13.4. The van der Waals surface area contributed by atoms with Crippen molar-refractivity contribution in [2.24, 2.45) is 0 Å². The highest BCUT2D eigenvalue weighted by atomic mass is 16.7. The third-order valence-corrected chi connectivity index (χ3v) is 4.09. The van der Waals surface area contributed by atoms with Crippen LogP contribution in [-0.4, -0.2) is 19.7 Å². The van der Waals surface area contributed by atoms with Crippen LogP contribution < -0.4 is 14.2 Å². The Morgan fingerprint density at radius 1 is 1.12 bits per heavy atom. The third-order valence-electron chi connectivity index (χ3n) is 4.09. The molecule has 0 fully saturated rings. The maximum atomic E-state index is 12.8. The quantitative estimate of drug-likeness (QED) is 0.681. The lowest BCUT2D eigenvalue weighted by molar-refractivity contribution is 0.0994. The highest BCUT2D eigenvalue weighted by Gasteiger charge is 2.19. The number of ketones is 1. The summed E-state index contributed by atoms with van der Waals surface area (Å²) in [4.78, 5) is 12.8. The molecule has 1 aliphatic rings. The van der Waals surface area contributed by atoms with Crippen molar-refractivity contribution in [1.82, 2.24) is 0 Å². The Labute approximate surface area is 138 Å². The van der Waals surface area contributed by atoms with Crippen LogP contribution in [0.2, 0.25) is 0 Å². The fourth-order valence-corrected chi connectivity index (χ4v) is 2.96. The van der Waals surface area contributed by atoms with Crippen molar-refractivity contribution in [1.29, 1.82) is 0 Å². The first-order chi connectivity index (χ1) is 11.7. The van der Waals surface area contributed by atoms with Crippen molar-refractivity contribution in [3.05, 3.63) is 53.3 Å². The molecule has 0 aliphatic carbocycles. The lowest BCUT2D eigenvalue weighted by atomic mass is 9.99. The minimum Gasteiger partial charge on any atom is -0.493 e. The number of hydrogen-bond acceptors (Lipinski definition) is 5. The Morgan fingerprint density at radius 2 is 1.96 bits per heavy atom. The zero-order valence-corrected chi connectivity index (χ0v) is 13.4. The van der Waals surface area contributed by atoms with Gasteiger partial charge >= 0.3 is 0 Å². The van der Waals surface area contributed by atoms with Crippen molar-refractivity contribution in [2.75, 3.05) is 13.9 Å². The molecule has 0 saturated carbocycles. The van der Waals surface area contributed by atoms with E-state index in [0.29, 0.717) is 28.4 Å². The lowest BCUT2D eigenvalue weighted by Gasteiger charge is -2.06. The van der Waals surface area contributed by atoms with Gasteiger partial charge in [0, 0.05) is 17.4 Å². The number of rotatable bonds is 4. The zero-order chi connectivity index (χ0) is 16.7. The minimum absolute atomic E-state index is 0.0160. The number of hydrogen-bond donors (Lipinski definition) is 0. The van der Waals surface area contributed by atoms with E-state index in [1.165, 1.54) is 0 Å². The second-order valence-electron chi connectivity index (χ2n) is 5.70. The molecule has 122 valence electrons. The molecule has 5 nitrogen and oxygen atoms in total. The Kier molecular flexibility index (Phi) is 3.41. The molecule has 0 saturated heterocycles. The van der Waals surface area contributed by atoms with E-state index < -0.39 is 0 Å². The second-order valence-corrected chi connectivity index (χ2v) is 5.70. The molecule has 4 rings (SSSR count). The standard InChI is InChI=1S/C19H16O5/c1-11-7-14-13(4-6-17(21-2)19(14)24-11)15(20)8-12-3-5-16-18(9-12)23-10-22-16/h3-7,9H,8,10H2,1-2H3. The third kappa shape index (κ3) is 2.38. The van der Waals surface area contributed by atoms with Crippen LogP contribution in [0.4, 0.5) is 0 Å².